The molecule has 4 heteroatoms. The molecule has 1 saturated heterocycles. The normalized spacial score (nSPS) is 33.3. The predicted octanol–water partition coefficient (Wildman–Crippen LogP) is 0.969. The second kappa shape index (κ2) is 2.85. The van der Waals surface area contributed by atoms with Crippen LogP contribution in [0.1, 0.15) is 6.42 Å². The lowest BCUT2D eigenvalue weighted by Crippen LogP contribution is -2.47. The number of esters is 1. The zero-order valence-electron chi connectivity index (χ0n) is 8.02. The van der Waals surface area contributed by atoms with Crippen LogP contribution < -0.4 is 5.73 Å². The van der Waals surface area contributed by atoms with E-state index in [1.807, 2.05) is 0 Å². The summed E-state index contributed by atoms with van der Waals surface area (Å²) in [5.74, 6) is -0.236. The van der Waals surface area contributed by atoms with Gasteiger partial charge in [-0.05, 0) is 12.5 Å². The Morgan fingerprint density at radius 2 is 2.17 bits per heavy atom. The van der Waals surface area contributed by atoms with Crippen molar-refractivity contribution in [1.82, 2.24) is 0 Å². The van der Waals surface area contributed by atoms with E-state index >= 15 is 0 Å². The average Bonchev–Trinajstić information content (AvgIpc) is 2.25. The highest BCUT2D eigenvalue weighted by Gasteiger charge is 2.47. The fraction of sp³-hybridized carbons (Fsp3) is 0.875. The van der Waals surface area contributed by atoms with Gasteiger partial charge in [-0.2, -0.15) is 0 Å². The Labute approximate surface area is 74.3 Å². The molecule has 2 N–H and O–H groups in total. The first-order valence-corrected chi connectivity index (χ1v) is 7.68. The number of carbonyl (C=O) groups excluding carboxylic acids is 1. The maximum absolute atomic E-state index is 11.3. The first-order chi connectivity index (χ1) is 5.40. The molecule has 1 unspecified atom stereocenters. The van der Waals surface area contributed by atoms with Crippen LogP contribution in [0.15, 0.2) is 0 Å². The second-order valence-corrected chi connectivity index (χ2v) is 9.67. The summed E-state index contributed by atoms with van der Waals surface area (Å²) in [4.78, 5) is 11.3. The van der Waals surface area contributed by atoms with Crippen molar-refractivity contribution in [3.63, 3.8) is 0 Å². The van der Waals surface area contributed by atoms with Gasteiger partial charge in [0.2, 0.25) is 0 Å². The van der Waals surface area contributed by atoms with Gasteiger partial charge in [0.15, 0.2) is 0 Å². The molecule has 1 rings (SSSR count). The molecule has 0 aliphatic carbocycles. The molecule has 0 radical (unpaired) electrons. The van der Waals surface area contributed by atoms with Gasteiger partial charge in [-0.25, -0.2) is 0 Å². The van der Waals surface area contributed by atoms with E-state index < -0.39 is 13.6 Å². The molecule has 0 aromatic carbocycles. The molecule has 0 saturated carbocycles. The Balaban J connectivity index is 2.71. The van der Waals surface area contributed by atoms with Crippen LogP contribution in [0, 0.1) is 0 Å². The summed E-state index contributed by atoms with van der Waals surface area (Å²) >= 11 is 0. The number of hydrogen-bond acceptors (Lipinski definition) is 3. The number of rotatable bonds is 1. The van der Waals surface area contributed by atoms with Crippen LogP contribution in [0.2, 0.25) is 25.2 Å². The van der Waals surface area contributed by atoms with Gasteiger partial charge in [0, 0.05) is 8.07 Å². The van der Waals surface area contributed by atoms with Crippen molar-refractivity contribution in [2.24, 2.45) is 5.73 Å². The summed E-state index contributed by atoms with van der Waals surface area (Å²) in [5.41, 5.74) is 5.29. The highest BCUT2D eigenvalue weighted by molar-refractivity contribution is 6.78. The van der Waals surface area contributed by atoms with Gasteiger partial charge in [-0.3, -0.25) is 4.79 Å². The van der Waals surface area contributed by atoms with Crippen LogP contribution >= 0.6 is 0 Å². The van der Waals surface area contributed by atoms with Gasteiger partial charge < -0.3 is 10.5 Å². The minimum atomic E-state index is -1.18. The minimum absolute atomic E-state index is 0.236. The van der Waals surface area contributed by atoms with Crippen molar-refractivity contribution in [2.45, 2.75) is 37.1 Å². The highest BCUT2D eigenvalue weighted by atomic mass is 28.3. The van der Waals surface area contributed by atoms with Gasteiger partial charge in [0.25, 0.3) is 0 Å². The summed E-state index contributed by atoms with van der Waals surface area (Å²) in [7, 11) is 0.226. The molecular formula is C8H17NO2Si. The van der Waals surface area contributed by atoms with E-state index in [2.05, 4.69) is 17.8 Å². The standard InChI is InChI=1S/C8H17NO2Si/c1-11-7(10)8(9)4-5-12(2,3)6-8/h4-6,9H2,1-3H3. The zero-order chi connectivity index (χ0) is 9.41. The lowest BCUT2D eigenvalue weighted by atomic mass is 10.0. The summed E-state index contributed by atoms with van der Waals surface area (Å²) in [6.45, 7) is 4.54. The third-order valence-corrected chi connectivity index (χ3v) is 5.83. The monoisotopic (exact) mass is 187 g/mol. The van der Waals surface area contributed by atoms with Crippen LogP contribution in [-0.4, -0.2) is 26.7 Å². The first-order valence-electron chi connectivity index (χ1n) is 4.27. The lowest BCUT2D eigenvalue weighted by Gasteiger charge is -2.22. The lowest BCUT2D eigenvalue weighted by molar-refractivity contribution is -0.146. The maximum Gasteiger partial charge on any atom is 0.325 e. The molecule has 0 aromatic heterocycles. The molecule has 12 heavy (non-hydrogen) atoms. The van der Waals surface area contributed by atoms with Crippen LogP contribution in [0.4, 0.5) is 0 Å². The van der Waals surface area contributed by atoms with Crippen molar-refractivity contribution in [2.75, 3.05) is 7.11 Å². The highest BCUT2D eigenvalue weighted by Crippen LogP contribution is 2.36. The molecule has 0 spiro atoms. The van der Waals surface area contributed by atoms with Crippen molar-refractivity contribution < 1.29 is 9.53 Å². The Kier molecular flexibility index (Phi) is 2.31. The van der Waals surface area contributed by atoms with Gasteiger partial charge in [-0.1, -0.05) is 19.1 Å². The number of ether oxygens (including phenoxy) is 1. The summed E-state index contributed by atoms with van der Waals surface area (Å²) in [6, 6.07) is 2.01. The topological polar surface area (TPSA) is 52.3 Å². The Hall–Kier alpha value is -0.353. The van der Waals surface area contributed by atoms with Gasteiger partial charge in [0.1, 0.15) is 5.54 Å². The van der Waals surface area contributed by atoms with Gasteiger partial charge in [0.05, 0.1) is 7.11 Å². The van der Waals surface area contributed by atoms with E-state index in [0.29, 0.717) is 0 Å². The van der Waals surface area contributed by atoms with E-state index in [9.17, 15) is 4.79 Å². The maximum atomic E-state index is 11.3. The Morgan fingerprint density at radius 1 is 1.58 bits per heavy atom. The Morgan fingerprint density at radius 3 is 2.50 bits per heavy atom. The van der Waals surface area contributed by atoms with Crippen molar-refractivity contribution in [1.29, 1.82) is 0 Å². The van der Waals surface area contributed by atoms with E-state index in [1.165, 1.54) is 7.11 Å². The molecule has 0 aromatic rings. The van der Waals surface area contributed by atoms with Crippen molar-refractivity contribution >= 4 is 14.0 Å². The van der Waals surface area contributed by atoms with Crippen LogP contribution in [0.5, 0.6) is 0 Å². The fourth-order valence-electron chi connectivity index (χ4n) is 1.97. The molecule has 1 fully saturated rings. The fourth-order valence-corrected chi connectivity index (χ4v) is 5.30. The molecule has 1 heterocycles. The molecular weight excluding hydrogens is 170 g/mol. The summed E-state index contributed by atoms with van der Waals surface area (Å²) in [5, 5.41) is 0. The van der Waals surface area contributed by atoms with Crippen molar-refractivity contribution in [3.8, 4) is 0 Å². The molecule has 3 nitrogen and oxygen atoms in total. The number of nitrogens with two attached hydrogens (primary N) is 1. The third kappa shape index (κ3) is 1.69. The summed E-state index contributed by atoms with van der Waals surface area (Å²) < 4.78 is 4.69. The average molecular weight is 187 g/mol. The zero-order valence-corrected chi connectivity index (χ0v) is 9.02. The van der Waals surface area contributed by atoms with Crippen LogP contribution in [0.3, 0.4) is 0 Å². The first kappa shape index (κ1) is 9.73. The second-order valence-electron chi connectivity index (χ2n) is 4.49. The number of hydrogen-bond donors (Lipinski definition) is 1. The molecule has 1 aliphatic heterocycles. The van der Waals surface area contributed by atoms with Crippen molar-refractivity contribution in [3.05, 3.63) is 0 Å². The van der Waals surface area contributed by atoms with Gasteiger partial charge >= 0.3 is 5.97 Å². The third-order valence-electron chi connectivity index (χ3n) is 2.63. The molecule has 1 atom stereocenters. The SMILES string of the molecule is COC(=O)C1(N)CC[Si](C)(C)C1. The van der Waals surface area contributed by atoms with E-state index in [0.717, 1.165) is 18.5 Å². The Bertz CT molecular complexity index is 205. The minimum Gasteiger partial charge on any atom is -0.468 e. The quantitative estimate of drug-likeness (QED) is 0.491. The van der Waals surface area contributed by atoms with E-state index in [-0.39, 0.29) is 5.97 Å². The number of carbonyl (C=O) groups is 1. The number of methoxy groups -OCH3 is 1. The van der Waals surface area contributed by atoms with Crippen LogP contribution in [-0.2, 0) is 9.53 Å². The van der Waals surface area contributed by atoms with Gasteiger partial charge in [-0.15, -0.1) is 0 Å². The van der Waals surface area contributed by atoms with Crippen LogP contribution in [0.25, 0.3) is 0 Å². The molecule has 70 valence electrons. The molecule has 0 bridgehead atoms. The molecule has 1 aliphatic rings. The van der Waals surface area contributed by atoms with E-state index in [4.69, 9.17) is 5.73 Å². The smallest absolute Gasteiger partial charge is 0.325 e. The predicted molar refractivity (Wildman–Crippen MR) is 50.6 cm³/mol. The van der Waals surface area contributed by atoms with E-state index in [1.54, 1.807) is 0 Å². The molecule has 0 amide bonds. The summed E-state index contributed by atoms with van der Waals surface area (Å²) in [6.07, 6.45) is 0.804. The largest absolute Gasteiger partial charge is 0.468 e.